The number of rotatable bonds is 5. The maximum atomic E-state index is 11.0. The van der Waals surface area contributed by atoms with Crippen LogP contribution in [-0.2, 0) is 4.79 Å². The van der Waals surface area contributed by atoms with E-state index in [1.807, 2.05) is 6.92 Å². The van der Waals surface area contributed by atoms with Crippen LogP contribution in [-0.4, -0.2) is 18.5 Å². The van der Waals surface area contributed by atoms with E-state index in [9.17, 15) is 9.59 Å². The van der Waals surface area contributed by atoms with Crippen LogP contribution in [0.3, 0.4) is 0 Å². The van der Waals surface area contributed by atoms with Crippen LogP contribution in [0.5, 0.6) is 0 Å². The molecule has 0 fully saturated rings. The van der Waals surface area contributed by atoms with Crippen LogP contribution in [0.1, 0.15) is 19.8 Å². The number of unbranched alkanes of at least 4 members (excludes halogenated alkanes) is 1. The van der Waals surface area contributed by atoms with Gasteiger partial charge in [0.05, 0.1) is 0 Å². The molecule has 0 aliphatic heterocycles. The summed E-state index contributed by atoms with van der Waals surface area (Å²) in [4.78, 5) is 21.6. The third kappa shape index (κ3) is 6.10. The number of hydrogen-bond acceptors (Lipinski definition) is 3. The Morgan fingerprint density at radius 3 is 2.67 bits per heavy atom. The number of amides is 3. The van der Waals surface area contributed by atoms with Crippen molar-refractivity contribution in [3.05, 3.63) is 11.8 Å². The summed E-state index contributed by atoms with van der Waals surface area (Å²) in [7, 11) is 0. The van der Waals surface area contributed by atoms with Crippen LogP contribution in [0, 0.1) is 11.3 Å². The fourth-order valence-electron chi connectivity index (χ4n) is 0.726. The molecular formula is C9H14N4O2. The first-order chi connectivity index (χ1) is 7.11. The minimum atomic E-state index is -0.869. The molecule has 0 spiro atoms. The number of nitriles is 1. The zero-order valence-corrected chi connectivity index (χ0v) is 8.54. The number of carbonyl (C=O) groups excluding carboxylic acids is 2. The lowest BCUT2D eigenvalue weighted by Crippen LogP contribution is -2.33. The zero-order valence-electron chi connectivity index (χ0n) is 8.54. The van der Waals surface area contributed by atoms with Crippen molar-refractivity contribution in [2.45, 2.75) is 19.8 Å². The maximum Gasteiger partial charge on any atom is 0.318 e. The summed E-state index contributed by atoms with van der Waals surface area (Å²) in [6, 6.07) is 1.11. The highest BCUT2D eigenvalue weighted by atomic mass is 16.2. The Kier molecular flexibility index (Phi) is 6.38. The smallest absolute Gasteiger partial charge is 0.318 e. The van der Waals surface area contributed by atoms with Gasteiger partial charge in [-0.25, -0.2) is 4.79 Å². The molecule has 0 saturated carbocycles. The van der Waals surface area contributed by atoms with Gasteiger partial charge in [-0.1, -0.05) is 13.3 Å². The van der Waals surface area contributed by atoms with E-state index in [0.29, 0.717) is 6.54 Å². The maximum absolute atomic E-state index is 11.0. The van der Waals surface area contributed by atoms with Crippen molar-refractivity contribution in [1.82, 2.24) is 10.6 Å². The lowest BCUT2D eigenvalue weighted by atomic mass is 10.3. The minimum Gasteiger partial charge on any atom is -0.365 e. The quantitative estimate of drug-likeness (QED) is 0.337. The number of hydrogen-bond donors (Lipinski definition) is 3. The Labute approximate surface area is 88.1 Å². The van der Waals surface area contributed by atoms with Gasteiger partial charge < -0.3 is 16.4 Å². The van der Waals surface area contributed by atoms with E-state index in [0.717, 1.165) is 19.0 Å². The van der Waals surface area contributed by atoms with Crippen molar-refractivity contribution < 1.29 is 9.59 Å². The molecule has 4 N–H and O–H groups in total. The van der Waals surface area contributed by atoms with Crippen molar-refractivity contribution in [3.8, 4) is 6.07 Å². The van der Waals surface area contributed by atoms with E-state index in [-0.39, 0.29) is 5.57 Å². The van der Waals surface area contributed by atoms with Gasteiger partial charge in [0.25, 0.3) is 5.91 Å². The highest BCUT2D eigenvalue weighted by Crippen LogP contribution is 1.87. The standard InChI is InChI=1S/C9H14N4O2/c1-2-3-4-12-9(15)13-6-7(5-10)8(11)14/h6H,2-4H2,1H3,(H2,11,14)(H2,12,13,15). The number of nitrogens with one attached hydrogen (secondary N) is 2. The highest BCUT2D eigenvalue weighted by molar-refractivity contribution is 5.96. The third-order valence-electron chi connectivity index (χ3n) is 1.55. The van der Waals surface area contributed by atoms with Crippen LogP contribution in [0.4, 0.5) is 4.79 Å². The second-order valence-corrected chi connectivity index (χ2v) is 2.79. The average Bonchev–Trinajstić information content (AvgIpc) is 2.18. The Balaban J connectivity index is 3.98. The predicted molar refractivity (Wildman–Crippen MR) is 54.3 cm³/mol. The molecule has 0 aliphatic rings. The lowest BCUT2D eigenvalue weighted by Gasteiger charge is -2.02. The van der Waals surface area contributed by atoms with Gasteiger partial charge in [0.2, 0.25) is 0 Å². The number of carbonyl (C=O) groups is 2. The molecule has 6 heteroatoms. The Morgan fingerprint density at radius 2 is 2.20 bits per heavy atom. The van der Waals surface area contributed by atoms with E-state index in [2.05, 4.69) is 10.6 Å². The molecule has 0 aliphatic carbocycles. The fourth-order valence-corrected chi connectivity index (χ4v) is 0.726. The Morgan fingerprint density at radius 1 is 1.53 bits per heavy atom. The molecular weight excluding hydrogens is 196 g/mol. The topological polar surface area (TPSA) is 108 Å². The molecule has 0 aromatic rings. The van der Waals surface area contributed by atoms with E-state index in [1.165, 1.54) is 0 Å². The van der Waals surface area contributed by atoms with Crippen molar-refractivity contribution in [2.24, 2.45) is 5.73 Å². The van der Waals surface area contributed by atoms with Gasteiger partial charge in [0, 0.05) is 12.7 Å². The number of urea groups is 1. The van der Waals surface area contributed by atoms with Gasteiger partial charge in [-0.15, -0.1) is 0 Å². The molecule has 0 aromatic heterocycles. The summed E-state index contributed by atoms with van der Waals surface area (Å²) >= 11 is 0. The first-order valence-electron chi connectivity index (χ1n) is 4.56. The SMILES string of the molecule is CCCCNC(=O)NC=C(C#N)C(N)=O. The van der Waals surface area contributed by atoms with Gasteiger partial charge in [0.1, 0.15) is 11.6 Å². The summed E-state index contributed by atoms with van der Waals surface area (Å²) in [5, 5.41) is 13.2. The summed E-state index contributed by atoms with van der Waals surface area (Å²) in [5.41, 5.74) is 4.56. The van der Waals surface area contributed by atoms with Crippen molar-refractivity contribution in [3.63, 3.8) is 0 Å². The van der Waals surface area contributed by atoms with Gasteiger partial charge in [-0.2, -0.15) is 5.26 Å². The number of nitrogens with zero attached hydrogens (tertiary/aromatic N) is 1. The molecule has 15 heavy (non-hydrogen) atoms. The molecule has 0 radical (unpaired) electrons. The summed E-state index contributed by atoms with van der Waals surface area (Å²) in [6.45, 7) is 2.55. The van der Waals surface area contributed by atoms with E-state index in [1.54, 1.807) is 6.07 Å². The minimum absolute atomic E-state index is 0.291. The summed E-state index contributed by atoms with van der Waals surface area (Å²) < 4.78 is 0. The van der Waals surface area contributed by atoms with Crippen LogP contribution in [0.2, 0.25) is 0 Å². The van der Waals surface area contributed by atoms with E-state index in [4.69, 9.17) is 11.0 Å². The zero-order chi connectivity index (χ0) is 11.7. The fraction of sp³-hybridized carbons (Fsp3) is 0.444. The molecule has 0 saturated heterocycles. The van der Waals surface area contributed by atoms with Crippen LogP contribution < -0.4 is 16.4 Å². The molecule has 0 aromatic carbocycles. The van der Waals surface area contributed by atoms with Crippen LogP contribution >= 0.6 is 0 Å². The number of primary amides is 1. The van der Waals surface area contributed by atoms with Gasteiger partial charge >= 0.3 is 6.03 Å². The molecule has 6 nitrogen and oxygen atoms in total. The Hall–Kier alpha value is -2.03. The first-order valence-corrected chi connectivity index (χ1v) is 4.56. The van der Waals surface area contributed by atoms with Gasteiger partial charge in [-0.3, -0.25) is 4.79 Å². The molecule has 0 heterocycles. The van der Waals surface area contributed by atoms with Gasteiger partial charge in [-0.05, 0) is 6.42 Å². The second kappa shape index (κ2) is 7.38. The molecule has 3 amide bonds. The average molecular weight is 210 g/mol. The lowest BCUT2D eigenvalue weighted by molar-refractivity contribution is -0.114. The molecule has 0 unspecified atom stereocenters. The van der Waals surface area contributed by atoms with Crippen LogP contribution in [0.15, 0.2) is 11.8 Å². The molecule has 0 atom stereocenters. The monoisotopic (exact) mass is 210 g/mol. The second-order valence-electron chi connectivity index (χ2n) is 2.79. The highest BCUT2D eigenvalue weighted by Gasteiger charge is 2.03. The van der Waals surface area contributed by atoms with E-state index >= 15 is 0 Å². The third-order valence-corrected chi connectivity index (χ3v) is 1.55. The Bertz CT molecular complexity index is 304. The molecule has 0 bridgehead atoms. The van der Waals surface area contributed by atoms with Crippen molar-refractivity contribution in [2.75, 3.05) is 6.54 Å². The largest absolute Gasteiger partial charge is 0.365 e. The number of nitrogens with two attached hydrogens (primary N) is 1. The van der Waals surface area contributed by atoms with Crippen molar-refractivity contribution >= 4 is 11.9 Å². The first kappa shape index (κ1) is 13.0. The van der Waals surface area contributed by atoms with Gasteiger partial charge in [0.15, 0.2) is 0 Å². The normalized spacial score (nSPS) is 10.3. The predicted octanol–water partition coefficient (Wildman–Crippen LogP) is -0.0215. The van der Waals surface area contributed by atoms with Crippen LogP contribution in [0.25, 0.3) is 0 Å². The summed E-state index contributed by atoms with van der Waals surface area (Å²) in [6.07, 6.45) is 2.84. The van der Waals surface area contributed by atoms with E-state index < -0.39 is 11.9 Å². The van der Waals surface area contributed by atoms with Crippen molar-refractivity contribution in [1.29, 1.82) is 5.26 Å². The summed E-state index contributed by atoms with van der Waals surface area (Å²) in [5.74, 6) is -0.869. The molecule has 0 rings (SSSR count). The molecule has 82 valence electrons.